The number of anilines is 1. The third-order valence-corrected chi connectivity index (χ3v) is 4.32. The van der Waals surface area contributed by atoms with Gasteiger partial charge in [-0.3, -0.25) is 9.59 Å². The van der Waals surface area contributed by atoms with Gasteiger partial charge in [0.05, 0.1) is 23.1 Å². The van der Waals surface area contributed by atoms with E-state index in [1.807, 2.05) is 19.1 Å². The number of amides is 2. The van der Waals surface area contributed by atoms with Crippen LogP contribution in [0.5, 0.6) is 0 Å². The zero-order valence-electron chi connectivity index (χ0n) is 15.2. The first-order valence-electron chi connectivity index (χ1n) is 8.30. The van der Waals surface area contributed by atoms with Crippen molar-refractivity contribution in [1.29, 1.82) is 0 Å². The lowest BCUT2D eigenvalue weighted by Crippen LogP contribution is -2.22. The fraction of sp³-hybridized carbons (Fsp3) is 0.150. The molecule has 27 heavy (non-hydrogen) atoms. The van der Waals surface area contributed by atoms with E-state index < -0.39 is 0 Å². The quantitative estimate of drug-likeness (QED) is 0.746. The van der Waals surface area contributed by atoms with Gasteiger partial charge in [-0.05, 0) is 43.3 Å². The predicted molar refractivity (Wildman–Crippen MR) is 106 cm³/mol. The zero-order valence-corrected chi connectivity index (χ0v) is 16.0. The first kappa shape index (κ1) is 18.7. The Hall–Kier alpha value is -3.12. The van der Waals surface area contributed by atoms with E-state index in [0.29, 0.717) is 27.5 Å². The van der Waals surface area contributed by atoms with Gasteiger partial charge in [-0.25, -0.2) is 4.68 Å². The number of nitrogens with one attached hydrogen (secondary N) is 1. The third-order valence-electron chi connectivity index (χ3n) is 4.08. The van der Waals surface area contributed by atoms with Gasteiger partial charge < -0.3 is 10.2 Å². The minimum absolute atomic E-state index is 0.129. The highest BCUT2D eigenvalue weighted by atomic mass is 35.5. The standard InChI is InChI=1S/C20H19ClN4O2/c1-13-18(12-22-25(13)17-9-5-7-15(21)11-17)19(26)23-16-8-4-6-14(10-16)20(27)24(2)3/h4-12H,1-3H3,(H,23,26). The number of hydrogen-bond donors (Lipinski definition) is 1. The monoisotopic (exact) mass is 382 g/mol. The van der Waals surface area contributed by atoms with Crippen molar-refractivity contribution in [2.45, 2.75) is 6.92 Å². The van der Waals surface area contributed by atoms with Crippen LogP contribution in [0.25, 0.3) is 5.69 Å². The molecule has 0 bridgehead atoms. The maximum absolute atomic E-state index is 12.7. The van der Waals surface area contributed by atoms with Gasteiger partial charge in [-0.15, -0.1) is 0 Å². The normalized spacial score (nSPS) is 10.5. The number of aromatic nitrogens is 2. The maximum atomic E-state index is 12.7. The average molecular weight is 383 g/mol. The fourth-order valence-corrected chi connectivity index (χ4v) is 2.87. The van der Waals surface area contributed by atoms with E-state index in [1.165, 1.54) is 11.1 Å². The van der Waals surface area contributed by atoms with Crippen molar-refractivity contribution < 1.29 is 9.59 Å². The molecule has 3 rings (SSSR count). The van der Waals surface area contributed by atoms with E-state index in [1.54, 1.807) is 55.2 Å². The molecule has 1 heterocycles. The molecular formula is C20H19ClN4O2. The smallest absolute Gasteiger partial charge is 0.259 e. The summed E-state index contributed by atoms with van der Waals surface area (Å²) < 4.78 is 1.66. The molecule has 0 unspecified atom stereocenters. The summed E-state index contributed by atoms with van der Waals surface area (Å²) in [6.07, 6.45) is 1.51. The molecule has 0 radical (unpaired) electrons. The molecule has 0 saturated carbocycles. The van der Waals surface area contributed by atoms with Crippen LogP contribution in [0.3, 0.4) is 0 Å². The van der Waals surface area contributed by atoms with E-state index in [9.17, 15) is 9.59 Å². The van der Waals surface area contributed by atoms with Gasteiger partial charge in [0.2, 0.25) is 0 Å². The number of nitrogens with zero attached hydrogens (tertiary/aromatic N) is 3. The molecule has 2 aromatic carbocycles. The van der Waals surface area contributed by atoms with E-state index in [-0.39, 0.29) is 11.8 Å². The lowest BCUT2D eigenvalue weighted by molar-refractivity contribution is 0.0827. The minimum Gasteiger partial charge on any atom is -0.345 e. The number of hydrogen-bond acceptors (Lipinski definition) is 3. The van der Waals surface area contributed by atoms with Gasteiger partial charge in [0.15, 0.2) is 0 Å². The largest absolute Gasteiger partial charge is 0.345 e. The summed E-state index contributed by atoms with van der Waals surface area (Å²) in [5.41, 5.74) is 2.96. The Kier molecular flexibility index (Phi) is 5.28. The second kappa shape index (κ2) is 7.63. The Bertz CT molecular complexity index is 1010. The highest BCUT2D eigenvalue weighted by Gasteiger charge is 2.16. The summed E-state index contributed by atoms with van der Waals surface area (Å²) >= 11 is 6.03. The van der Waals surface area contributed by atoms with E-state index in [2.05, 4.69) is 10.4 Å². The summed E-state index contributed by atoms with van der Waals surface area (Å²) in [6, 6.07) is 14.1. The topological polar surface area (TPSA) is 67.2 Å². The van der Waals surface area contributed by atoms with Crippen molar-refractivity contribution in [3.8, 4) is 5.69 Å². The van der Waals surface area contributed by atoms with Crippen LogP contribution in [0.15, 0.2) is 54.7 Å². The molecule has 1 aromatic heterocycles. The van der Waals surface area contributed by atoms with Crippen LogP contribution in [0, 0.1) is 6.92 Å². The summed E-state index contributed by atoms with van der Waals surface area (Å²) in [7, 11) is 3.36. The Labute approximate surface area is 162 Å². The summed E-state index contributed by atoms with van der Waals surface area (Å²) in [5, 5.41) is 7.71. The number of halogens is 1. The van der Waals surface area contributed by atoms with E-state index >= 15 is 0 Å². The van der Waals surface area contributed by atoms with Gasteiger partial charge in [0.25, 0.3) is 11.8 Å². The highest BCUT2D eigenvalue weighted by molar-refractivity contribution is 6.30. The molecule has 0 aliphatic rings. The summed E-state index contributed by atoms with van der Waals surface area (Å²) in [6.45, 7) is 1.81. The third kappa shape index (κ3) is 4.01. The molecule has 0 saturated heterocycles. The number of carbonyl (C=O) groups is 2. The van der Waals surface area contributed by atoms with Crippen LogP contribution in [-0.2, 0) is 0 Å². The van der Waals surface area contributed by atoms with Gasteiger partial charge in [-0.2, -0.15) is 5.10 Å². The van der Waals surface area contributed by atoms with Crippen LogP contribution in [0.2, 0.25) is 5.02 Å². The van der Waals surface area contributed by atoms with Crippen molar-refractivity contribution in [1.82, 2.24) is 14.7 Å². The van der Waals surface area contributed by atoms with Crippen molar-refractivity contribution in [3.63, 3.8) is 0 Å². The molecule has 3 aromatic rings. The van der Waals surface area contributed by atoms with Gasteiger partial charge in [0, 0.05) is 30.4 Å². The molecule has 6 nitrogen and oxygen atoms in total. The van der Waals surface area contributed by atoms with Gasteiger partial charge in [-0.1, -0.05) is 23.7 Å². The molecule has 7 heteroatoms. The summed E-state index contributed by atoms with van der Waals surface area (Å²) in [4.78, 5) is 26.2. The van der Waals surface area contributed by atoms with E-state index in [4.69, 9.17) is 11.6 Å². The number of rotatable bonds is 4. The van der Waals surface area contributed by atoms with Crippen LogP contribution < -0.4 is 5.32 Å². The summed E-state index contributed by atoms with van der Waals surface area (Å²) in [5.74, 6) is -0.425. The van der Waals surface area contributed by atoms with Crippen LogP contribution in [-0.4, -0.2) is 40.6 Å². The molecule has 2 amide bonds. The molecule has 0 fully saturated rings. The molecule has 0 spiro atoms. The van der Waals surface area contributed by atoms with Gasteiger partial charge >= 0.3 is 0 Å². The fourth-order valence-electron chi connectivity index (χ4n) is 2.69. The highest BCUT2D eigenvalue weighted by Crippen LogP contribution is 2.19. The predicted octanol–water partition coefficient (Wildman–Crippen LogP) is 3.79. The maximum Gasteiger partial charge on any atom is 0.259 e. The Morgan fingerprint density at radius 2 is 1.85 bits per heavy atom. The van der Waals surface area contributed by atoms with Crippen molar-refractivity contribution in [3.05, 3.63) is 76.6 Å². The van der Waals surface area contributed by atoms with Crippen LogP contribution in [0.4, 0.5) is 5.69 Å². The minimum atomic E-state index is -0.296. The van der Waals surface area contributed by atoms with Crippen molar-refractivity contribution >= 4 is 29.1 Å². The molecule has 1 N–H and O–H groups in total. The second-order valence-corrected chi connectivity index (χ2v) is 6.71. The number of benzene rings is 2. The molecule has 138 valence electrons. The number of carbonyl (C=O) groups excluding carboxylic acids is 2. The Morgan fingerprint density at radius 1 is 1.11 bits per heavy atom. The second-order valence-electron chi connectivity index (χ2n) is 6.27. The first-order chi connectivity index (χ1) is 12.9. The van der Waals surface area contributed by atoms with Crippen LogP contribution >= 0.6 is 11.6 Å². The Balaban J connectivity index is 1.84. The van der Waals surface area contributed by atoms with Gasteiger partial charge in [0.1, 0.15) is 0 Å². The Morgan fingerprint density at radius 3 is 2.56 bits per heavy atom. The lowest BCUT2D eigenvalue weighted by atomic mass is 10.1. The molecular weight excluding hydrogens is 364 g/mol. The first-order valence-corrected chi connectivity index (χ1v) is 8.68. The lowest BCUT2D eigenvalue weighted by Gasteiger charge is -2.11. The van der Waals surface area contributed by atoms with Crippen LogP contribution in [0.1, 0.15) is 26.4 Å². The van der Waals surface area contributed by atoms with Crippen molar-refractivity contribution in [2.75, 3.05) is 19.4 Å². The SMILES string of the molecule is Cc1c(C(=O)Nc2cccc(C(=O)N(C)C)c2)cnn1-c1cccc(Cl)c1. The molecule has 0 aliphatic carbocycles. The average Bonchev–Trinajstić information content (AvgIpc) is 3.02. The zero-order chi connectivity index (χ0) is 19.6. The van der Waals surface area contributed by atoms with Crippen molar-refractivity contribution in [2.24, 2.45) is 0 Å². The molecule has 0 aliphatic heterocycles. The van der Waals surface area contributed by atoms with E-state index in [0.717, 1.165) is 5.69 Å². The molecule has 0 atom stereocenters.